The maximum absolute atomic E-state index is 6.03. The van der Waals surface area contributed by atoms with Gasteiger partial charge in [0.05, 0.1) is 0 Å². The fourth-order valence-corrected chi connectivity index (χ4v) is 2.41. The molecule has 0 aliphatic heterocycles. The van der Waals surface area contributed by atoms with Crippen molar-refractivity contribution in [2.75, 3.05) is 7.05 Å². The second-order valence-electron chi connectivity index (χ2n) is 4.79. The van der Waals surface area contributed by atoms with Crippen molar-refractivity contribution in [1.82, 2.24) is 5.32 Å². The zero-order chi connectivity index (χ0) is 14.5. The fourth-order valence-electron chi connectivity index (χ4n) is 2.03. The quantitative estimate of drug-likeness (QED) is 0.823. The molecule has 2 aromatic carbocycles. The largest absolute Gasteiger partial charge is 0.457 e. The standard InChI is InChI=1S/C17H20BrNO/c1-4-13-5-8-15(9-6-13)20-17-10-7-14(18)11-16(17)12(2)19-3/h5-12,19H,4H2,1-3H3. The molecule has 0 saturated heterocycles. The van der Waals surface area contributed by atoms with Gasteiger partial charge in [-0.3, -0.25) is 0 Å². The number of nitrogens with one attached hydrogen (secondary N) is 1. The Hall–Kier alpha value is -1.32. The molecule has 1 unspecified atom stereocenters. The lowest BCUT2D eigenvalue weighted by molar-refractivity contribution is 0.466. The Morgan fingerprint density at radius 3 is 2.45 bits per heavy atom. The van der Waals surface area contributed by atoms with Gasteiger partial charge in [-0.15, -0.1) is 0 Å². The molecular formula is C17H20BrNO. The third-order valence-electron chi connectivity index (χ3n) is 3.43. The number of hydrogen-bond donors (Lipinski definition) is 1. The minimum absolute atomic E-state index is 0.234. The predicted molar refractivity (Wildman–Crippen MR) is 87.5 cm³/mol. The van der Waals surface area contributed by atoms with Crippen molar-refractivity contribution in [3.8, 4) is 11.5 Å². The van der Waals surface area contributed by atoms with E-state index in [4.69, 9.17) is 4.74 Å². The van der Waals surface area contributed by atoms with E-state index in [-0.39, 0.29) is 6.04 Å². The molecule has 0 aliphatic rings. The van der Waals surface area contributed by atoms with Crippen LogP contribution in [-0.4, -0.2) is 7.05 Å². The van der Waals surface area contributed by atoms with Gasteiger partial charge in [0.2, 0.25) is 0 Å². The molecule has 0 radical (unpaired) electrons. The molecule has 0 amide bonds. The third-order valence-corrected chi connectivity index (χ3v) is 3.92. The SMILES string of the molecule is CCc1ccc(Oc2ccc(Br)cc2C(C)NC)cc1. The average Bonchev–Trinajstić information content (AvgIpc) is 2.49. The van der Waals surface area contributed by atoms with Crippen molar-refractivity contribution in [3.63, 3.8) is 0 Å². The van der Waals surface area contributed by atoms with Gasteiger partial charge in [-0.1, -0.05) is 35.0 Å². The van der Waals surface area contributed by atoms with Crippen molar-refractivity contribution in [1.29, 1.82) is 0 Å². The van der Waals surface area contributed by atoms with Gasteiger partial charge in [-0.2, -0.15) is 0 Å². The maximum atomic E-state index is 6.03. The lowest BCUT2D eigenvalue weighted by atomic mass is 10.1. The minimum Gasteiger partial charge on any atom is -0.457 e. The molecule has 2 nitrogen and oxygen atoms in total. The molecule has 2 rings (SSSR count). The molecule has 1 atom stereocenters. The van der Waals surface area contributed by atoms with E-state index in [1.54, 1.807) is 0 Å². The molecule has 0 bridgehead atoms. The highest BCUT2D eigenvalue weighted by atomic mass is 79.9. The Kier molecular flexibility index (Phi) is 5.21. The molecular weight excluding hydrogens is 314 g/mol. The monoisotopic (exact) mass is 333 g/mol. The lowest BCUT2D eigenvalue weighted by Gasteiger charge is -2.17. The first-order valence-electron chi connectivity index (χ1n) is 6.87. The number of benzene rings is 2. The van der Waals surface area contributed by atoms with Crippen molar-refractivity contribution in [3.05, 3.63) is 58.1 Å². The van der Waals surface area contributed by atoms with Crippen LogP contribution in [0.2, 0.25) is 0 Å². The zero-order valence-corrected chi connectivity index (χ0v) is 13.7. The van der Waals surface area contributed by atoms with Crippen LogP contribution in [0.25, 0.3) is 0 Å². The van der Waals surface area contributed by atoms with Gasteiger partial charge in [0.15, 0.2) is 0 Å². The van der Waals surface area contributed by atoms with E-state index in [1.165, 1.54) is 5.56 Å². The summed E-state index contributed by atoms with van der Waals surface area (Å²) in [5, 5.41) is 3.25. The van der Waals surface area contributed by atoms with Crippen LogP contribution < -0.4 is 10.1 Å². The molecule has 20 heavy (non-hydrogen) atoms. The van der Waals surface area contributed by atoms with Gasteiger partial charge in [0.1, 0.15) is 11.5 Å². The summed E-state index contributed by atoms with van der Waals surface area (Å²) in [5.74, 6) is 1.76. The molecule has 0 saturated carbocycles. The predicted octanol–water partition coefficient (Wildman–Crippen LogP) is 5.08. The summed E-state index contributed by atoms with van der Waals surface area (Å²) in [6, 6.07) is 14.6. The molecule has 1 N–H and O–H groups in total. The second kappa shape index (κ2) is 6.91. The molecule has 106 valence electrons. The van der Waals surface area contributed by atoms with E-state index in [0.29, 0.717) is 0 Å². The van der Waals surface area contributed by atoms with Gasteiger partial charge in [0.25, 0.3) is 0 Å². The highest BCUT2D eigenvalue weighted by Crippen LogP contribution is 2.32. The summed E-state index contributed by atoms with van der Waals surface area (Å²) < 4.78 is 7.08. The first-order valence-corrected chi connectivity index (χ1v) is 7.66. The van der Waals surface area contributed by atoms with Crippen molar-refractivity contribution in [2.24, 2.45) is 0 Å². The minimum atomic E-state index is 0.234. The van der Waals surface area contributed by atoms with E-state index in [0.717, 1.165) is 28.0 Å². The molecule has 0 fully saturated rings. The van der Waals surface area contributed by atoms with E-state index in [2.05, 4.69) is 53.3 Å². The number of ether oxygens (including phenoxy) is 1. The smallest absolute Gasteiger partial charge is 0.132 e. The Labute approximate surface area is 129 Å². The summed E-state index contributed by atoms with van der Waals surface area (Å²) in [6.45, 7) is 4.27. The third kappa shape index (κ3) is 3.62. The fraction of sp³-hybridized carbons (Fsp3) is 0.294. The summed E-state index contributed by atoms with van der Waals surface area (Å²) in [7, 11) is 1.95. The zero-order valence-electron chi connectivity index (χ0n) is 12.1. The van der Waals surface area contributed by atoms with E-state index in [1.807, 2.05) is 31.3 Å². The second-order valence-corrected chi connectivity index (χ2v) is 5.71. The lowest BCUT2D eigenvalue weighted by Crippen LogP contribution is -2.13. The van der Waals surface area contributed by atoms with E-state index >= 15 is 0 Å². The van der Waals surface area contributed by atoms with Crippen LogP contribution in [0.3, 0.4) is 0 Å². The summed E-state index contributed by atoms with van der Waals surface area (Å²) in [5.41, 5.74) is 2.46. The van der Waals surface area contributed by atoms with Crippen molar-refractivity contribution in [2.45, 2.75) is 26.3 Å². The first-order chi connectivity index (χ1) is 9.63. The average molecular weight is 334 g/mol. The molecule has 0 aliphatic carbocycles. The summed E-state index contributed by atoms with van der Waals surface area (Å²) >= 11 is 3.51. The van der Waals surface area contributed by atoms with Crippen LogP contribution in [-0.2, 0) is 6.42 Å². The molecule has 0 heterocycles. The van der Waals surface area contributed by atoms with Gasteiger partial charge >= 0.3 is 0 Å². The highest BCUT2D eigenvalue weighted by Gasteiger charge is 2.11. The highest BCUT2D eigenvalue weighted by molar-refractivity contribution is 9.10. The number of halogens is 1. The van der Waals surface area contributed by atoms with Crippen LogP contribution in [0, 0.1) is 0 Å². The Morgan fingerprint density at radius 2 is 1.85 bits per heavy atom. The van der Waals surface area contributed by atoms with Gasteiger partial charge in [-0.05, 0) is 56.3 Å². The maximum Gasteiger partial charge on any atom is 0.132 e. The number of hydrogen-bond acceptors (Lipinski definition) is 2. The Balaban J connectivity index is 2.27. The van der Waals surface area contributed by atoms with Crippen LogP contribution in [0.1, 0.15) is 31.0 Å². The molecule has 3 heteroatoms. The van der Waals surface area contributed by atoms with Gasteiger partial charge in [0, 0.05) is 16.1 Å². The van der Waals surface area contributed by atoms with Crippen LogP contribution in [0.5, 0.6) is 11.5 Å². The molecule has 2 aromatic rings. The van der Waals surface area contributed by atoms with Gasteiger partial charge < -0.3 is 10.1 Å². The van der Waals surface area contributed by atoms with Crippen LogP contribution >= 0.6 is 15.9 Å². The first kappa shape index (κ1) is 15.1. The summed E-state index contributed by atoms with van der Waals surface area (Å²) in [6.07, 6.45) is 1.04. The number of rotatable bonds is 5. The van der Waals surface area contributed by atoms with Crippen molar-refractivity contribution < 1.29 is 4.74 Å². The van der Waals surface area contributed by atoms with Crippen LogP contribution in [0.15, 0.2) is 46.9 Å². The van der Waals surface area contributed by atoms with Crippen LogP contribution in [0.4, 0.5) is 0 Å². The Morgan fingerprint density at radius 1 is 1.15 bits per heavy atom. The van der Waals surface area contributed by atoms with Crippen molar-refractivity contribution >= 4 is 15.9 Å². The summed E-state index contributed by atoms with van der Waals surface area (Å²) in [4.78, 5) is 0. The van der Waals surface area contributed by atoms with E-state index < -0.39 is 0 Å². The number of aryl methyl sites for hydroxylation is 1. The Bertz CT molecular complexity index is 566. The molecule has 0 aromatic heterocycles. The van der Waals surface area contributed by atoms with Gasteiger partial charge in [-0.25, -0.2) is 0 Å². The van der Waals surface area contributed by atoms with E-state index in [9.17, 15) is 0 Å². The normalized spacial score (nSPS) is 12.2. The molecule has 0 spiro atoms. The topological polar surface area (TPSA) is 21.3 Å².